The number of benzene rings is 2. The largest absolute Gasteiger partial charge is 0.490 e. The van der Waals surface area contributed by atoms with Crippen LogP contribution in [0.2, 0.25) is 0 Å². The summed E-state index contributed by atoms with van der Waals surface area (Å²) in [4.78, 5) is 0. The van der Waals surface area contributed by atoms with Crippen LogP contribution in [0.25, 0.3) is 0 Å². The van der Waals surface area contributed by atoms with Gasteiger partial charge in [0, 0.05) is 12.6 Å². The minimum absolute atomic E-state index is 0.500. The van der Waals surface area contributed by atoms with Gasteiger partial charge in [0.15, 0.2) is 17.7 Å². The van der Waals surface area contributed by atoms with Crippen LogP contribution in [-0.2, 0) is 6.61 Å². The molecule has 0 saturated carbocycles. The minimum atomic E-state index is 0.500. The van der Waals surface area contributed by atoms with Gasteiger partial charge >= 0.3 is 0 Å². The summed E-state index contributed by atoms with van der Waals surface area (Å²) in [6.45, 7) is 5.09. The summed E-state index contributed by atoms with van der Waals surface area (Å²) in [5, 5.41) is 6.26. The summed E-state index contributed by atoms with van der Waals surface area (Å²) in [7, 11) is 1.75. The number of hydrazine groups is 1. The second kappa shape index (κ2) is 9.64. The van der Waals surface area contributed by atoms with Crippen LogP contribution in [0.4, 0.5) is 0 Å². The van der Waals surface area contributed by atoms with Crippen LogP contribution in [0, 0.1) is 6.92 Å². The molecule has 2 rings (SSSR count). The van der Waals surface area contributed by atoms with Crippen LogP contribution in [0.1, 0.15) is 23.6 Å². The highest BCUT2D eigenvalue weighted by atomic mass is 32.1. The van der Waals surface area contributed by atoms with Gasteiger partial charge in [0.2, 0.25) is 5.11 Å². The van der Waals surface area contributed by atoms with Crippen molar-refractivity contribution >= 4 is 23.5 Å². The van der Waals surface area contributed by atoms with Crippen molar-refractivity contribution in [2.45, 2.75) is 20.5 Å². The van der Waals surface area contributed by atoms with Crippen molar-refractivity contribution in [3.8, 4) is 11.5 Å². The standard InChI is InChI=1S/C19H23N3O2S/c1-4-23-18-11-16(12-21-22-19(25)20-3)9-10-17(18)24-13-15-7-5-14(2)6-8-15/h5-12H,4,13H2,1-3H3,(H2,20,22,25)/p+1. The molecule has 0 radical (unpaired) electrons. The lowest BCUT2D eigenvalue weighted by Gasteiger charge is -2.12. The van der Waals surface area contributed by atoms with Gasteiger partial charge in [-0.2, -0.15) is 0 Å². The van der Waals surface area contributed by atoms with E-state index in [0.717, 1.165) is 16.9 Å². The molecule has 5 nitrogen and oxygen atoms in total. The van der Waals surface area contributed by atoms with Crippen molar-refractivity contribution in [2.75, 3.05) is 13.7 Å². The molecule has 0 aliphatic carbocycles. The molecule has 0 fully saturated rings. The molecule has 0 unspecified atom stereocenters. The van der Waals surface area contributed by atoms with Crippen molar-refractivity contribution < 1.29 is 14.6 Å². The Morgan fingerprint density at radius 1 is 1.12 bits per heavy atom. The highest BCUT2D eigenvalue weighted by molar-refractivity contribution is 7.80. The zero-order valence-corrected chi connectivity index (χ0v) is 15.6. The topological polar surface area (TPSA) is 56.5 Å². The first-order valence-electron chi connectivity index (χ1n) is 8.14. The minimum Gasteiger partial charge on any atom is -0.490 e. The first-order chi connectivity index (χ1) is 12.1. The smallest absolute Gasteiger partial charge is 0.223 e. The van der Waals surface area contributed by atoms with E-state index in [4.69, 9.17) is 21.7 Å². The summed E-state index contributed by atoms with van der Waals surface area (Å²) < 4.78 is 11.6. The van der Waals surface area contributed by atoms with E-state index in [1.54, 1.807) is 13.3 Å². The maximum atomic E-state index is 5.93. The first kappa shape index (κ1) is 18.7. The van der Waals surface area contributed by atoms with Crippen molar-refractivity contribution in [3.05, 3.63) is 59.2 Å². The number of nitrogens with one attached hydrogen (secondary N) is 3. The molecule has 25 heavy (non-hydrogen) atoms. The fourth-order valence-electron chi connectivity index (χ4n) is 2.09. The van der Waals surface area contributed by atoms with E-state index in [2.05, 4.69) is 47.0 Å². The highest BCUT2D eigenvalue weighted by Gasteiger charge is 2.07. The molecule has 0 aromatic heterocycles. The van der Waals surface area contributed by atoms with E-state index in [-0.39, 0.29) is 0 Å². The van der Waals surface area contributed by atoms with Crippen LogP contribution >= 0.6 is 12.2 Å². The molecule has 132 valence electrons. The fourth-order valence-corrected chi connectivity index (χ4v) is 2.15. The Morgan fingerprint density at radius 3 is 2.56 bits per heavy atom. The van der Waals surface area contributed by atoms with E-state index in [9.17, 15) is 0 Å². The molecule has 0 spiro atoms. The van der Waals surface area contributed by atoms with Gasteiger partial charge in [-0.05, 0) is 49.8 Å². The SMILES string of the molecule is CCOc1cc(C=[NH+]NC(=S)NC)ccc1OCc1ccc(C)cc1. The second-order valence-electron chi connectivity index (χ2n) is 5.41. The Balaban J connectivity index is 2.06. The van der Waals surface area contributed by atoms with E-state index < -0.39 is 0 Å². The van der Waals surface area contributed by atoms with E-state index in [1.807, 2.05) is 25.1 Å². The van der Waals surface area contributed by atoms with Crippen molar-refractivity contribution in [3.63, 3.8) is 0 Å². The molecular formula is C19H24N3O2S+. The van der Waals surface area contributed by atoms with Crippen LogP contribution < -0.4 is 25.3 Å². The summed E-state index contributed by atoms with van der Waals surface area (Å²) in [6, 6.07) is 14.1. The molecule has 0 bridgehead atoms. The summed E-state index contributed by atoms with van der Waals surface area (Å²) in [5.41, 5.74) is 6.14. The Hall–Kier alpha value is -2.60. The summed E-state index contributed by atoms with van der Waals surface area (Å²) in [6.07, 6.45) is 1.80. The number of hydrogen-bond acceptors (Lipinski definition) is 3. The van der Waals surface area contributed by atoms with Gasteiger partial charge in [-0.15, -0.1) is 10.5 Å². The third kappa shape index (κ3) is 6.08. The number of thiocarbonyl (C=S) groups is 1. The molecule has 3 N–H and O–H groups in total. The van der Waals surface area contributed by atoms with Gasteiger partial charge in [0.25, 0.3) is 0 Å². The van der Waals surface area contributed by atoms with Crippen LogP contribution in [0.5, 0.6) is 11.5 Å². The van der Waals surface area contributed by atoms with Crippen molar-refractivity contribution in [2.24, 2.45) is 0 Å². The van der Waals surface area contributed by atoms with E-state index in [1.165, 1.54) is 5.56 Å². The van der Waals surface area contributed by atoms with Gasteiger partial charge in [0.05, 0.1) is 6.61 Å². The third-order valence-electron chi connectivity index (χ3n) is 3.43. The molecule has 6 heteroatoms. The number of ether oxygens (including phenoxy) is 2. The van der Waals surface area contributed by atoms with E-state index in [0.29, 0.717) is 24.1 Å². The summed E-state index contributed by atoms with van der Waals surface area (Å²) in [5.74, 6) is 1.43. The van der Waals surface area contributed by atoms with Crippen LogP contribution in [0.3, 0.4) is 0 Å². The predicted molar refractivity (Wildman–Crippen MR) is 104 cm³/mol. The molecule has 2 aromatic carbocycles. The van der Waals surface area contributed by atoms with Crippen molar-refractivity contribution in [1.82, 2.24) is 10.7 Å². The average molecular weight is 358 g/mol. The summed E-state index contributed by atoms with van der Waals surface area (Å²) >= 11 is 5.00. The van der Waals surface area contributed by atoms with Crippen LogP contribution in [-0.4, -0.2) is 25.0 Å². The fraction of sp³-hybridized carbons (Fsp3) is 0.263. The molecular weight excluding hydrogens is 334 g/mol. The zero-order valence-electron chi connectivity index (χ0n) is 14.8. The maximum absolute atomic E-state index is 5.93. The highest BCUT2D eigenvalue weighted by Crippen LogP contribution is 2.28. The number of hydrogen-bond donors (Lipinski definition) is 3. The number of hydrazone groups is 1. The first-order valence-corrected chi connectivity index (χ1v) is 8.55. The van der Waals surface area contributed by atoms with Gasteiger partial charge < -0.3 is 14.8 Å². The second-order valence-corrected chi connectivity index (χ2v) is 5.81. The lowest BCUT2D eigenvalue weighted by Crippen LogP contribution is -2.82. The van der Waals surface area contributed by atoms with Gasteiger partial charge in [-0.3, -0.25) is 0 Å². The quantitative estimate of drug-likeness (QED) is 0.398. The molecule has 0 heterocycles. The molecule has 0 aliphatic heterocycles. The predicted octanol–water partition coefficient (Wildman–Crippen LogP) is 1.48. The van der Waals surface area contributed by atoms with E-state index >= 15 is 0 Å². The molecule has 0 saturated heterocycles. The average Bonchev–Trinajstić information content (AvgIpc) is 2.62. The Kier molecular flexibility index (Phi) is 7.22. The number of rotatable bonds is 7. The third-order valence-corrected chi connectivity index (χ3v) is 3.74. The Morgan fingerprint density at radius 2 is 1.88 bits per heavy atom. The molecule has 0 amide bonds. The van der Waals surface area contributed by atoms with Crippen LogP contribution in [0.15, 0.2) is 42.5 Å². The maximum Gasteiger partial charge on any atom is 0.223 e. The van der Waals surface area contributed by atoms with Crippen molar-refractivity contribution in [1.29, 1.82) is 0 Å². The normalized spacial score (nSPS) is 10.5. The Bertz CT molecular complexity index is 730. The lowest BCUT2D eigenvalue weighted by molar-refractivity contribution is -0.500. The zero-order chi connectivity index (χ0) is 18.1. The molecule has 0 aliphatic rings. The number of aryl methyl sites for hydroxylation is 1. The molecule has 2 aromatic rings. The molecule has 0 atom stereocenters. The van der Waals surface area contributed by atoms with Gasteiger partial charge in [-0.25, -0.2) is 0 Å². The van der Waals surface area contributed by atoms with Gasteiger partial charge in [-0.1, -0.05) is 29.8 Å². The lowest BCUT2D eigenvalue weighted by atomic mass is 10.2. The monoisotopic (exact) mass is 358 g/mol. The Labute approximate surface area is 154 Å². The van der Waals surface area contributed by atoms with Gasteiger partial charge in [0.1, 0.15) is 6.61 Å².